The van der Waals surface area contributed by atoms with Gasteiger partial charge >= 0.3 is 18.0 Å². The molecule has 0 fully saturated rings. The van der Waals surface area contributed by atoms with Gasteiger partial charge in [-0.25, -0.2) is 9.59 Å². The summed E-state index contributed by atoms with van der Waals surface area (Å²) in [6.45, 7) is 5.73. The van der Waals surface area contributed by atoms with Crippen molar-refractivity contribution in [1.82, 2.24) is 5.32 Å². The molecule has 3 aromatic carbocycles. The van der Waals surface area contributed by atoms with Crippen LogP contribution in [0.4, 0.5) is 16.2 Å². The lowest BCUT2D eigenvalue weighted by Gasteiger charge is -2.18. The highest BCUT2D eigenvalue weighted by molar-refractivity contribution is 6.08. The molecule has 0 radical (unpaired) electrons. The number of carbonyl (C=O) groups excluding carboxylic acids is 3. The fraction of sp³-hybridized carbons (Fsp3) is 0.241. The van der Waals surface area contributed by atoms with Gasteiger partial charge in [0.2, 0.25) is 0 Å². The van der Waals surface area contributed by atoms with Gasteiger partial charge in [-0.3, -0.25) is 9.59 Å². The number of hydrogen-bond acceptors (Lipinski definition) is 6. The molecule has 0 aliphatic rings. The highest BCUT2D eigenvalue weighted by Crippen LogP contribution is 2.28. The Morgan fingerprint density at radius 1 is 0.846 bits per heavy atom. The number of amides is 3. The lowest BCUT2D eigenvalue weighted by Crippen LogP contribution is -2.43. The Hall–Kier alpha value is -4.86. The Bertz CT molecular complexity index is 1380. The number of methoxy groups -OCH3 is 2. The van der Waals surface area contributed by atoms with Crippen LogP contribution in [0.5, 0.6) is 5.75 Å². The number of aliphatic carboxylic acids is 1. The maximum atomic E-state index is 13.2. The van der Waals surface area contributed by atoms with Gasteiger partial charge in [-0.15, -0.1) is 0 Å². The number of carbonyl (C=O) groups is 4. The number of benzene rings is 3. The molecule has 0 heterocycles. The molecule has 10 heteroatoms. The fourth-order valence-corrected chi connectivity index (χ4v) is 4.20. The molecule has 0 unspecified atom stereocenters. The average molecular weight is 534 g/mol. The molecular formula is C29H31N3O7. The van der Waals surface area contributed by atoms with Crippen LogP contribution in [0.3, 0.4) is 0 Å². The second kappa shape index (κ2) is 12.6. The van der Waals surface area contributed by atoms with Crippen LogP contribution in [0.1, 0.15) is 33.5 Å². The van der Waals surface area contributed by atoms with Gasteiger partial charge in [-0.2, -0.15) is 0 Å². The van der Waals surface area contributed by atoms with Gasteiger partial charge in [0.25, 0.3) is 5.91 Å². The Labute approximate surface area is 226 Å². The van der Waals surface area contributed by atoms with Crippen LogP contribution in [-0.4, -0.2) is 49.2 Å². The topological polar surface area (TPSA) is 143 Å². The maximum Gasteiger partial charge on any atom is 0.328 e. The molecule has 0 saturated carbocycles. The second-order valence-corrected chi connectivity index (χ2v) is 8.99. The van der Waals surface area contributed by atoms with E-state index in [1.807, 2.05) is 45.0 Å². The molecule has 0 aliphatic carbocycles. The highest BCUT2D eigenvalue weighted by Gasteiger charge is 2.26. The zero-order valence-corrected chi connectivity index (χ0v) is 22.4. The number of esters is 1. The lowest BCUT2D eigenvalue weighted by molar-refractivity contribution is -0.147. The Balaban J connectivity index is 1.97. The van der Waals surface area contributed by atoms with Gasteiger partial charge in [0.05, 0.1) is 31.9 Å². The third-order valence-corrected chi connectivity index (χ3v) is 6.02. The first kappa shape index (κ1) is 28.7. The van der Waals surface area contributed by atoms with E-state index >= 15 is 0 Å². The van der Waals surface area contributed by atoms with Crippen molar-refractivity contribution in [3.8, 4) is 16.9 Å². The summed E-state index contributed by atoms with van der Waals surface area (Å²) < 4.78 is 9.84. The summed E-state index contributed by atoms with van der Waals surface area (Å²) in [7, 11) is 2.66. The number of aryl methyl sites for hydroxylation is 3. The number of nitrogens with one attached hydrogen (secondary N) is 3. The van der Waals surface area contributed by atoms with Crippen LogP contribution in [0.15, 0.2) is 54.6 Å². The van der Waals surface area contributed by atoms with Crippen molar-refractivity contribution in [2.75, 3.05) is 24.9 Å². The van der Waals surface area contributed by atoms with Crippen LogP contribution < -0.4 is 20.7 Å². The minimum atomic E-state index is -1.42. The second-order valence-electron chi connectivity index (χ2n) is 8.99. The summed E-state index contributed by atoms with van der Waals surface area (Å²) in [6.07, 6.45) is -0.669. The summed E-state index contributed by atoms with van der Waals surface area (Å²) >= 11 is 0. The molecule has 39 heavy (non-hydrogen) atoms. The quantitative estimate of drug-likeness (QED) is 0.293. The minimum absolute atomic E-state index is 0.0269. The number of urea groups is 1. The number of anilines is 2. The van der Waals surface area contributed by atoms with Crippen molar-refractivity contribution < 1.29 is 33.8 Å². The summed E-state index contributed by atoms with van der Waals surface area (Å²) in [5.41, 5.74) is 5.13. The molecule has 1 atom stereocenters. The van der Waals surface area contributed by atoms with Crippen molar-refractivity contribution in [1.29, 1.82) is 0 Å². The van der Waals surface area contributed by atoms with Gasteiger partial charge < -0.3 is 30.5 Å². The van der Waals surface area contributed by atoms with Gasteiger partial charge in [0, 0.05) is 5.69 Å². The zero-order valence-electron chi connectivity index (χ0n) is 22.4. The molecule has 3 amide bonds. The molecule has 0 saturated heterocycles. The predicted octanol–water partition coefficient (Wildman–Crippen LogP) is 4.68. The highest BCUT2D eigenvalue weighted by atomic mass is 16.5. The van der Waals surface area contributed by atoms with Crippen molar-refractivity contribution in [2.24, 2.45) is 0 Å². The SMILES string of the molecule is COC(=O)[C@H](CC(=O)O)NC(=O)c1ccc(-c2ccc(OC)cc2)cc1NC(=O)Nc1c(C)cc(C)cc1C. The van der Waals surface area contributed by atoms with E-state index in [9.17, 15) is 19.2 Å². The monoisotopic (exact) mass is 533 g/mol. The molecule has 204 valence electrons. The summed E-state index contributed by atoms with van der Waals surface area (Å²) in [4.78, 5) is 49.6. The molecule has 3 aromatic rings. The largest absolute Gasteiger partial charge is 0.497 e. The van der Waals surface area contributed by atoms with Gasteiger partial charge in [-0.05, 0) is 67.3 Å². The van der Waals surface area contributed by atoms with Gasteiger partial charge in [0.1, 0.15) is 11.8 Å². The predicted molar refractivity (Wildman–Crippen MR) is 147 cm³/mol. The molecular weight excluding hydrogens is 502 g/mol. The number of rotatable bonds is 9. The van der Waals surface area contributed by atoms with Crippen molar-refractivity contribution in [3.05, 3.63) is 76.9 Å². The van der Waals surface area contributed by atoms with Gasteiger partial charge in [0.15, 0.2) is 0 Å². The summed E-state index contributed by atoms with van der Waals surface area (Å²) in [6, 6.07) is 13.9. The van der Waals surface area contributed by atoms with Crippen LogP contribution in [0.2, 0.25) is 0 Å². The third-order valence-electron chi connectivity index (χ3n) is 6.02. The van der Waals surface area contributed by atoms with E-state index in [1.165, 1.54) is 6.07 Å². The summed E-state index contributed by atoms with van der Waals surface area (Å²) in [5.74, 6) is -2.28. The average Bonchev–Trinajstić information content (AvgIpc) is 2.89. The fourth-order valence-electron chi connectivity index (χ4n) is 4.20. The molecule has 0 aliphatic heterocycles. The van der Waals surface area contributed by atoms with E-state index in [0.29, 0.717) is 17.0 Å². The maximum absolute atomic E-state index is 13.2. The van der Waals surface area contributed by atoms with Crippen LogP contribution in [0, 0.1) is 20.8 Å². The minimum Gasteiger partial charge on any atom is -0.497 e. The number of carboxylic acids is 1. The van der Waals surface area contributed by atoms with Gasteiger partial charge in [-0.1, -0.05) is 35.9 Å². The molecule has 0 bridgehead atoms. The molecule has 0 aromatic heterocycles. The van der Waals surface area contributed by atoms with Crippen LogP contribution >= 0.6 is 0 Å². The van der Waals surface area contributed by atoms with E-state index in [1.54, 1.807) is 31.4 Å². The Morgan fingerprint density at radius 2 is 1.46 bits per heavy atom. The van der Waals surface area contributed by atoms with E-state index in [2.05, 4.69) is 20.7 Å². The molecule has 3 rings (SSSR count). The van der Waals surface area contributed by atoms with Crippen molar-refractivity contribution >= 4 is 35.3 Å². The molecule has 10 nitrogen and oxygen atoms in total. The van der Waals surface area contributed by atoms with E-state index in [4.69, 9.17) is 9.84 Å². The third kappa shape index (κ3) is 7.35. The first-order chi connectivity index (χ1) is 18.5. The number of ether oxygens (including phenoxy) is 2. The lowest BCUT2D eigenvalue weighted by atomic mass is 10.0. The Morgan fingerprint density at radius 3 is 2.03 bits per heavy atom. The molecule has 4 N–H and O–H groups in total. The van der Waals surface area contributed by atoms with E-state index in [0.717, 1.165) is 29.4 Å². The Kier molecular flexibility index (Phi) is 9.27. The van der Waals surface area contributed by atoms with Crippen LogP contribution in [0.25, 0.3) is 11.1 Å². The summed E-state index contributed by atoms with van der Waals surface area (Å²) in [5, 5.41) is 17.1. The normalized spacial score (nSPS) is 11.2. The van der Waals surface area contributed by atoms with Crippen molar-refractivity contribution in [3.63, 3.8) is 0 Å². The molecule has 0 spiro atoms. The first-order valence-corrected chi connectivity index (χ1v) is 12.1. The first-order valence-electron chi connectivity index (χ1n) is 12.1. The van der Waals surface area contributed by atoms with E-state index < -0.39 is 36.3 Å². The number of carboxylic acid groups (broad SMARTS) is 1. The standard InChI is InChI=1S/C29H31N3O7/c1-16-12-17(2)26(18(3)13-16)32-29(37)31-23-14-20(19-6-9-21(38-4)10-7-19)8-11-22(23)27(35)30-24(15-25(33)34)28(36)39-5/h6-14,24H,15H2,1-5H3,(H,30,35)(H,33,34)(H2,31,32,37)/t24-/m0/s1. The smallest absolute Gasteiger partial charge is 0.328 e. The van der Waals surface area contributed by atoms with Crippen LogP contribution in [-0.2, 0) is 14.3 Å². The van der Waals surface area contributed by atoms with Crippen molar-refractivity contribution in [2.45, 2.75) is 33.2 Å². The van der Waals surface area contributed by atoms with E-state index in [-0.39, 0.29) is 11.3 Å². The number of hydrogen-bond donors (Lipinski definition) is 4. The zero-order chi connectivity index (χ0) is 28.7.